The van der Waals surface area contributed by atoms with Gasteiger partial charge in [-0.1, -0.05) is 17.7 Å². The van der Waals surface area contributed by atoms with Crippen molar-refractivity contribution >= 4 is 45.6 Å². The van der Waals surface area contributed by atoms with Gasteiger partial charge in [-0.25, -0.2) is 0 Å². The average molecular weight is 313 g/mol. The van der Waals surface area contributed by atoms with Gasteiger partial charge in [0, 0.05) is 15.2 Å². The highest BCUT2D eigenvalue weighted by molar-refractivity contribution is 7.19. The first-order chi connectivity index (χ1) is 9.21. The van der Waals surface area contributed by atoms with Crippen molar-refractivity contribution in [3.8, 4) is 0 Å². The van der Waals surface area contributed by atoms with Crippen LogP contribution in [0.15, 0.2) is 18.2 Å². The molecular weight excluding hydrogens is 297 g/mol. The zero-order valence-corrected chi connectivity index (χ0v) is 13.4. The Balaban J connectivity index is 2.10. The summed E-state index contributed by atoms with van der Waals surface area (Å²) in [6, 6.07) is 5.34. The third kappa shape index (κ3) is 2.08. The third-order valence-corrected chi connectivity index (χ3v) is 5.33. The summed E-state index contributed by atoms with van der Waals surface area (Å²) in [6.45, 7) is 7.82. The summed E-state index contributed by atoms with van der Waals surface area (Å²) >= 11 is 7.02. The van der Waals surface area contributed by atoms with Gasteiger partial charge in [0.25, 0.3) is 0 Å². The molecular formula is C14H15BClFO2S. The van der Waals surface area contributed by atoms with Gasteiger partial charge in [0.1, 0.15) is 0 Å². The van der Waals surface area contributed by atoms with E-state index in [2.05, 4.69) is 0 Å². The first-order valence-electron chi connectivity index (χ1n) is 6.44. The number of rotatable bonds is 1. The lowest BCUT2D eigenvalue weighted by Gasteiger charge is -2.32. The standard InChI is InChI=1S/C14H15BClFO2S/c1-13(2)14(3,4)19-15(18-13)11-9-6-5-8(16)7-10(9)20-12(11)17/h5-7H,1-4H3. The summed E-state index contributed by atoms with van der Waals surface area (Å²) < 4.78 is 27.0. The Kier molecular flexibility index (Phi) is 3.18. The van der Waals surface area contributed by atoms with Crippen LogP contribution in [-0.4, -0.2) is 18.3 Å². The molecule has 2 nitrogen and oxygen atoms in total. The molecule has 1 aliphatic heterocycles. The Morgan fingerprint density at radius 1 is 1.15 bits per heavy atom. The molecule has 0 bridgehead atoms. The highest BCUT2D eigenvalue weighted by Gasteiger charge is 2.53. The molecule has 0 atom stereocenters. The minimum atomic E-state index is -0.685. The van der Waals surface area contributed by atoms with E-state index in [9.17, 15) is 4.39 Å². The predicted octanol–water partition coefficient (Wildman–Crippen LogP) is 3.99. The van der Waals surface area contributed by atoms with Gasteiger partial charge in [0.15, 0.2) is 5.13 Å². The number of hydrogen-bond acceptors (Lipinski definition) is 3. The predicted molar refractivity (Wildman–Crippen MR) is 82.5 cm³/mol. The van der Waals surface area contributed by atoms with Crippen molar-refractivity contribution in [3.63, 3.8) is 0 Å². The fraction of sp³-hybridized carbons (Fsp3) is 0.429. The van der Waals surface area contributed by atoms with Gasteiger partial charge in [-0.3, -0.25) is 0 Å². The summed E-state index contributed by atoms with van der Waals surface area (Å²) in [7, 11) is -0.685. The molecule has 6 heteroatoms. The second-order valence-electron chi connectivity index (χ2n) is 6.02. The quantitative estimate of drug-likeness (QED) is 0.741. The zero-order valence-electron chi connectivity index (χ0n) is 11.8. The Hall–Kier alpha value is -0.615. The number of halogens is 2. The maximum absolute atomic E-state index is 14.3. The molecule has 3 rings (SSSR count). The van der Waals surface area contributed by atoms with Crippen LogP contribution in [0.5, 0.6) is 0 Å². The Bertz CT molecular complexity index is 667. The molecule has 0 unspecified atom stereocenters. The van der Waals surface area contributed by atoms with E-state index < -0.39 is 18.3 Å². The van der Waals surface area contributed by atoms with E-state index in [1.165, 1.54) is 0 Å². The van der Waals surface area contributed by atoms with Crippen molar-refractivity contribution in [1.29, 1.82) is 0 Å². The van der Waals surface area contributed by atoms with Gasteiger partial charge in [-0.15, -0.1) is 11.3 Å². The van der Waals surface area contributed by atoms with Crippen molar-refractivity contribution < 1.29 is 13.7 Å². The van der Waals surface area contributed by atoms with Crippen LogP contribution in [0.4, 0.5) is 4.39 Å². The Morgan fingerprint density at radius 2 is 1.75 bits per heavy atom. The topological polar surface area (TPSA) is 18.5 Å². The lowest BCUT2D eigenvalue weighted by molar-refractivity contribution is 0.00578. The SMILES string of the molecule is CC1(C)OB(c2c(F)sc3cc(Cl)ccc23)OC1(C)C. The van der Waals surface area contributed by atoms with Crippen LogP contribution in [-0.2, 0) is 9.31 Å². The number of benzene rings is 1. The molecule has 1 aromatic heterocycles. The molecule has 106 valence electrons. The van der Waals surface area contributed by atoms with Crippen LogP contribution in [0.3, 0.4) is 0 Å². The molecule has 0 aliphatic carbocycles. The first-order valence-corrected chi connectivity index (χ1v) is 7.64. The van der Waals surface area contributed by atoms with E-state index in [0.29, 0.717) is 10.5 Å². The molecule has 0 spiro atoms. The molecule has 0 saturated carbocycles. The summed E-state index contributed by atoms with van der Waals surface area (Å²) in [6.07, 6.45) is 0. The van der Waals surface area contributed by atoms with E-state index in [-0.39, 0.29) is 5.13 Å². The zero-order chi connectivity index (χ0) is 14.7. The van der Waals surface area contributed by atoms with E-state index in [4.69, 9.17) is 20.9 Å². The van der Waals surface area contributed by atoms with Crippen molar-refractivity contribution in [3.05, 3.63) is 28.4 Å². The van der Waals surface area contributed by atoms with Crippen LogP contribution in [0.1, 0.15) is 27.7 Å². The molecule has 20 heavy (non-hydrogen) atoms. The minimum Gasteiger partial charge on any atom is -0.399 e. The van der Waals surface area contributed by atoms with Crippen molar-refractivity contribution in [2.24, 2.45) is 0 Å². The van der Waals surface area contributed by atoms with E-state index in [0.717, 1.165) is 21.4 Å². The summed E-state index contributed by atoms with van der Waals surface area (Å²) in [4.78, 5) is 0. The normalized spacial score (nSPS) is 20.8. The maximum atomic E-state index is 14.3. The lowest BCUT2D eigenvalue weighted by atomic mass is 9.78. The molecule has 1 fully saturated rings. The lowest BCUT2D eigenvalue weighted by Crippen LogP contribution is -2.41. The molecule has 0 radical (unpaired) electrons. The van der Waals surface area contributed by atoms with Gasteiger partial charge in [0.05, 0.1) is 11.2 Å². The van der Waals surface area contributed by atoms with Gasteiger partial charge in [-0.2, -0.15) is 4.39 Å². The minimum absolute atomic E-state index is 0.277. The Labute approximate surface area is 127 Å². The number of fused-ring (bicyclic) bond motifs is 1. The Morgan fingerprint density at radius 3 is 2.35 bits per heavy atom. The maximum Gasteiger partial charge on any atom is 0.499 e. The fourth-order valence-electron chi connectivity index (χ4n) is 2.24. The van der Waals surface area contributed by atoms with Crippen LogP contribution in [0, 0.1) is 5.13 Å². The molecule has 2 aromatic rings. The molecule has 2 heterocycles. The molecule has 0 N–H and O–H groups in total. The first kappa shape index (κ1) is 14.3. The molecule has 0 amide bonds. The van der Waals surface area contributed by atoms with Gasteiger partial charge < -0.3 is 9.31 Å². The largest absolute Gasteiger partial charge is 0.499 e. The van der Waals surface area contributed by atoms with Crippen LogP contribution in [0.2, 0.25) is 5.02 Å². The van der Waals surface area contributed by atoms with Crippen LogP contribution in [0.25, 0.3) is 10.1 Å². The van der Waals surface area contributed by atoms with E-state index >= 15 is 0 Å². The van der Waals surface area contributed by atoms with Crippen molar-refractivity contribution in [2.45, 2.75) is 38.9 Å². The summed E-state index contributed by atoms with van der Waals surface area (Å²) in [5.74, 6) is 0. The van der Waals surface area contributed by atoms with Crippen LogP contribution >= 0.6 is 22.9 Å². The van der Waals surface area contributed by atoms with E-state index in [1.54, 1.807) is 12.1 Å². The van der Waals surface area contributed by atoms with Crippen molar-refractivity contribution in [1.82, 2.24) is 0 Å². The van der Waals surface area contributed by atoms with E-state index in [1.807, 2.05) is 33.8 Å². The summed E-state index contributed by atoms with van der Waals surface area (Å²) in [5.41, 5.74) is -0.490. The number of thiophene rings is 1. The molecule has 1 saturated heterocycles. The fourth-order valence-corrected chi connectivity index (χ4v) is 3.46. The highest BCUT2D eigenvalue weighted by atomic mass is 35.5. The second-order valence-corrected chi connectivity index (χ2v) is 7.46. The second kappa shape index (κ2) is 4.44. The van der Waals surface area contributed by atoms with Crippen molar-refractivity contribution in [2.75, 3.05) is 0 Å². The monoisotopic (exact) mass is 312 g/mol. The molecule has 1 aliphatic rings. The molecule has 1 aromatic carbocycles. The number of hydrogen-bond donors (Lipinski definition) is 0. The smallest absolute Gasteiger partial charge is 0.399 e. The average Bonchev–Trinajstić information content (AvgIpc) is 2.71. The van der Waals surface area contributed by atoms with Gasteiger partial charge >= 0.3 is 7.12 Å². The summed E-state index contributed by atoms with van der Waals surface area (Å²) in [5, 5.41) is 1.12. The highest BCUT2D eigenvalue weighted by Crippen LogP contribution is 2.38. The van der Waals surface area contributed by atoms with Gasteiger partial charge in [0.2, 0.25) is 0 Å². The van der Waals surface area contributed by atoms with Crippen LogP contribution < -0.4 is 5.46 Å². The third-order valence-electron chi connectivity index (χ3n) is 4.13. The van der Waals surface area contributed by atoms with Gasteiger partial charge in [-0.05, 0) is 45.2 Å².